The van der Waals surface area contributed by atoms with Crippen LogP contribution in [0.25, 0.3) is 0 Å². The fourth-order valence-corrected chi connectivity index (χ4v) is 3.97. The van der Waals surface area contributed by atoms with Crippen molar-refractivity contribution in [3.8, 4) is 5.75 Å². The van der Waals surface area contributed by atoms with Gasteiger partial charge in [0.25, 0.3) is 10.0 Å². The van der Waals surface area contributed by atoms with E-state index in [-0.39, 0.29) is 32.9 Å². The molecule has 2 rings (SSSR count). The lowest BCUT2D eigenvalue weighted by molar-refractivity contribution is 0.385. The topological polar surface area (TPSA) is 46.6 Å². The second kappa shape index (κ2) is 7.42. The van der Waals surface area contributed by atoms with E-state index in [1.54, 1.807) is 12.1 Å². The van der Waals surface area contributed by atoms with E-state index in [0.717, 1.165) is 10.4 Å². The monoisotopic (exact) mass is 389 g/mol. The Bertz CT molecular complexity index is 872. The lowest BCUT2D eigenvalue weighted by atomic mass is 10.3. The zero-order valence-corrected chi connectivity index (χ0v) is 15.0. The minimum Gasteiger partial charge on any atom is -0.494 e. The number of methoxy groups -OCH3 is 1. The molecule has 0 heterocycles. The van der Waals surface area contributed by atoms with Crippen molar-refractivity contribution in [2.75, 3.05) is 18.0 Å². The minimum atomic E-state index is -4.08. The molecule has 0 aromatic heterocycles. The Morgan fingerprint density at radius 1 is 1.29 bits per heavy atom. The number of hydrogen-bond donors (Lipinski definition) is 0. The number of ether oxygens (including phenoxy) is 1. The third-order valence-electron chi connectivity index (χ3n) is 3.21. The van der Waals surface area contributed by atoms with E-state index in [2.05, 4.69) is 6.58 Å². The number of anilines is 1. The van der Waals surface area contributed by atoms with Crippen LogP contribution in [0.5, 0.6) is 5.75 Å². The Morgan fingerprint density at radius 3 is 2.58 bits per heavy atom. The molecule has 128 valence electrons. The van der Waals surface area contributed by atoms with Gasteiger partial charge in [0.2, 0.25) is 0 Å². The van der Waals surface area contributed by atoms with Crippen LogP contribution in [-0.4, -0.2) is 22.1 Å². The zero-order valence-electron chi connectivity index (χ0n) is 12.7. The molecule has 0 radical (unpaired) electrons. The van der Waals surface area contributed by atoms with Gasteiger partial charge in [-0.1, -0.05) is 35.3 Å². The first-order chi connectivity index (χ1) is 11.3. The van der Waals surface area contributed by atoms with Gasteiger partial charge in [-0.05, 0) is 30.3 Å². The maximum atomic E-state index is 13.9. The average Bonchev–Trinajstić information content (AvgIpc) is 2.55. The highest BCUT2D eigenvalue weighted by Crippen LogP contribution is 2.35. The summed E-state index contributed by atoms with van der Waals surface area (Å²) in [7, 11) is -2.79. The predicted molar refractivity (Wildman–Crippen MR) is 94.1 cm³/mol. The predicted octanol–water partition coefficient (Wildman–Crippen LogP) is 4.52. The van der Waals surface area contributed by atoms with E-state index in [4.69, 9.17) is 27.9 Å². The molecule has 0 aliphatic heterocycles. The number of halogens is 3. The first kappa shape index (κ1) is 18.6. The summed E-state index contributed by atoms with van der Waals surface area (Å²) >= 11 is 12.1. The van der Waals surface area contributed by atoms with Crippen LogP contribution in [0.15, 0.2) is 53.9 Å². The molecule has 0 spiro atoms. The van der Waals surface area contributed by atoms with Crippen LogP contribution >= 0.6 is 23.2 Å². The molecule has 0 saturated carbocycles. The summed E-state index contributed by atoms with van der Waals surface area (Å²) in [6, 6.07) is 8.01. The fraction of sp³-hybridized carbons (Fsp3) is 0.125. The molecule has 0 unspecified atom stereocenters. The van der Waals surface area contributed by atoms with Gasteiger partial charge in [-0.15, -0.1) is 6.58 Å². The van der Waals surface area contributed by atoms with E-state index in [1.807, 2.05) is 0 Å². The first-order valence-electron chi connectivity index (χ1n) is 6.74. The summed E-state index contributed by atoms with van der Waals surface area (Å²) in [5, 5.41) is 0.290. The van der Waals surface area contributed by atoms with Crippen LogP contribution < -0.4 is 9.04 Å². The van der Waals surface area contributed by atoms with Gasteiger partial charge >= 0.3 is 0 Å². The molecule has 0 saturated heterocycles. The van der Waals surface area contributed by atoms with E-state index in [1.165, 1.54) is 31.4 Å². The van der Waals surface area contributed by atoms with E-state index in [9.17, 15) is 12.8 Å². The molecule has 0 fully saturated rings. The van der Waals surface area contributed by atoms with Crippen LogP contribution in [0.3, 0.4) is 0 Å². The Hall–Kier alpha value is -1.76. The third kappa shape index (κ3) is 3.50. The van der Waals surface area contributed by atoms with Crippen molar-refractivity contribution in [1.29, 1.82) is 0 Å². The summed E-state index contributed by atoms with van der Waals surface area (Å²) in [4.78, 5) is -0.237. The molecule has 8 heteroatoms. The van der Waals surface area contributed by atoms with Gasteiger partial charge in [0.1, 0.15) is 0 Å². The summed E-state index contributed by atoms with van der Waals surface area (Å²) in [6.45, 7) is 3.49. The van der Waals surface area contributed by atoms with E-state index < -0.39 is 15.8 Å². The van der Waals surface area contributed by atoms with Gasteiger partial charge in [-0.2, -0.15) is 0 Å². The highest BCUT2D eigenvalue weighted by molar-refractivity contribution is 7.92. The van der Waals surface area contributed by atoms with Crippen molar-refractivity contribution < 1.29 is 17.5 Å². The molecule has 0 bridgehead atoms. The number of rotatable bonds is 6. The summed E-state index contributed by atoms with van der Waals surface area (Å²) < 4.78 is 45.5. The number of sulfonamides is 1. The van der Waals surface area contributed by atoms with Crippen molar-refractivity contribution in [2.24, 2.45) is 0 Å². The van der Waals surface area contributed by atoms with Crippen LogP contribution in [0, 0.1) is 5.82 Å². The van der Waals surface area contributed by atoms with Gasteiger partial charge < -0.3 is 4.74 Å². The maximum absolute atomic E-state index is 13.9. The molecule has 0 N–H and O–H groups in total. The molecule has 2 aromatic rings. The van der Waals surface area contributed by atoms with E-state index in [0.29, 0.717) is 0 Å². The summed E-state index contributed by atoms with van der Waals surface area (Å²) in [5.41, 5.74) is 0.181. The largest absolute Gasteiger partial charge is 0.494 e. The third-order valence-corrected chi connectivity index (χ3v) is 5.79. The van der Waals surface area contributed by atoms with Crippen LogP contribution in [0.4, 0.5) is 10.1 Å². The molecule has 24 heavy (non-hydrogen) atoms. The number of nitrogens with zero attached hydrogens (tertiary/aromatic N) is 1. The van der Waals surface area contributed by atoms with Crippen molar-refractivity contribution in [3.05, 3.63) is 64.9 Å². The normalized spacial score (nSPS) is 11.2. The zero-order chi connectivity index (χ0) is 17.9. The molecule has 0 amide bonds. The summed E-state index contributed by atoms with van der Waals surface area (Å²) in [5.74, 6) is -0.834. The van der Waals surface area contributed by atoms with Crippen LogP contribution in [0.2, 0.25) is 10.0 Å². The van der Waals surface area contributed by atoms with Gasteiger partial charge in [0.15, 0.2) is 11.6 Å². The average molecular weight is 390 g/mol. The Kier molecular flexibility index (Phi) is 5.74. The molecule has 2 aromatic carbocycles. The molecule has 0 aliphatic rings. The standard InChI is InChI=1S/C16H14Cl2FNO3S/c1-3-9-20(14-6-4-5-12(17)16(14)18)24(21,22)11-7-8-15(23-2)13(19)10-11/h3-8,10H,1,9H2,2H3. The Balaban J connectivity index is 2.59. The van der Waals surface area contributed by atoms with Crippen LogP contribution in [-0.2, 0) is 10.0 Å². The Morgan fingerprint density at radius 2 is 2.00 bits per heavy atom. The fourth-order valence-electron chi connectivity index (χ4n) is 2.06. The number of benzene rings is 2. The molecule has 0 atom stereocenters. The van der Waals surface area contributed by atoms with Crippen molar-refractivity contribution in [2.45, 2.75) is 4.90 Å². The molecule has 4 nitrogen and oxygen atoms in total. The smallest absolute Gasteiger partial charge is 0.264 e. The first-order valence-corrected chi connectivity index (χ1v) is 8.93. The van der Waals surface area contributed by atoms with E-state index >= 15 is 0 Å². The molecule has 0 aliphatic carbocycles. The van der Waals surface area contributed by atoms with Crippen molar-refractivity contribution in [1.82, 2.24) is 0 Å². The minimum absolute atomic E-state index is 0.0509. The van der Waals surface area contributed by atoms with Gasteiger partial charge in [0.05, 0.1) is 34.3 Å². The second-order valence-corrected chi connectivity index (χ2v) is 7.34. The quantitative estimate of drug-likeness (QED) is 0.682. The highest BCUT2D eigenvalue weighted by Gasteiger charge is 2.27. The molecular weight excluding hydrogens is 376 g/mol. The summed E-state index contributed by atoms with van der Waals surface area (Å²) in [6.07, 6.45) is 1.40. The lowest BCUT2D eigenvalue weighted by Gasteiger charge is -2.24. The highest BCUT2D eigenvalue weighted by atomic mass is 35.5. The second-order valence-electron chi connectivity index (χ2n) is 4.69. The SMILES string of the molecule is C=CCN(c1cccc(Cl)c1Cl)S(=O)(=O)c1ccc(OC)c(F)c1. The maximum Gasteiger partial charge on any atom is 0.264 e. The lowest BCUT2D eigenvalue weighted by Crippen LogP contribution is -2.31. The molecular formula is C16H14Cl2FNO3S. The Labute approximate surface area is 150 Å². The van der Waals surface area contributed by atoms with Gasteiger partial charge in [0, 0.05) is 0 Å². The van der Waals surface area contributed by atoms with Gasteiger partial charge in [-0.3, -0.25) is 4.31 Å². The van der Waals surface area contributed by atoms with Gasteiger partial charge in [-0.25, -0.2) is 12.8 Å². The van der Waals surface area contributed by atoms with Crippen LogP contribution in [0.1, 0.15) is 0 Å². The van der Waals surface area contributed by atoms with Crippen molar-refractivity contribution in [3.63, 3.8) is 0 Å². The van der Waals surface area contributed by atoms with Crippen molar-refractivity contribution >= 4 is 38.9 Å². The number of hydrogen-bond acceptors (Lipinski definition) is 3.